The van der Waals surface area contributed by atoms with Crippen LogP contribution in [0.25, 0.3) is 0 Å². The first-order valence-electron chi connectivity index (χ1n) is 10.0. The fourth-order valence-corrected chi connectivity index (χ4v) is 2.50. The summed E-state index contributed by atoms with van der Waals surface area (Å²) in [5, 5.41) is 14.5. The largest absolute Gasteiger partial charge is 0.490 e. The van der Waals surface area contributed by atoms with Crippen molar-refractivity contribution in [1.82, 2.24) is 0 Å². The van der Waals surface area contributed by atoms with E-state index >= 15 is 0 Å². The first-order chi connectivity index (χ1) is 15.8. The number of ether oxygens (including phenoxy) is 2. The molecule has 4 N–H and O–H groups in total. The van der Waals surface area contributed by atoms with Crippen molar-refractivity contribution < 1.29 is 46.6 Å². The molecule has 0 aliphatic rings. The Bertz CT molecular complexity index is 985. The van der Waals surface area contributed by atoms with Crippen LogP contribution in [0.15, 0.2) is 40.8 Å². The Morgan fingerprint density at radius 2 is 1.74 bits per heavy atom. The van der Waals surface area contributed by atoms with Gasteiger partial charge in [0, 0.05) is 18.4 Å². The molecule has 0 saturated heterocycles. The number of nitrogens with two attached hydrogens (primary N) is 1. The third-order valence-corrected chi connectivity index (χ3v) is 4.18. The molecular formula is C22H25F3N2O7. The van der Waals surface area contributed by atoms with Crippen molar-refractivity contribution in [2.45, 2.75) is 39.3 Å². The van der Waals surface area contributed by atoms with E-state index < -0.39 is 18.1 Å². The Morgan fingerprint density at radius 1 is 1.15 bits per heavy atom. The smallest absolute Gasteiger partial charge is 0.475 e. The van der Waals surface area contributed by atoms with Crippen molar-refractivity contribution in [3.05, 3.63) is 53.5 Å². The minimum atomic E-state index is -5.08. The van der Waals surface area contributed by atoms with Gasteiger partial charge in [0.2, 0.25) is 5.76 Å². The summed E-state index contributed by atoms with van der Waals surface area (Å²) in [6, 6.07) is 9.63. The van der Waals surface area contributed by atoms with E-state index in [2.05, 4.69) is 0 Å². The van der Waals surface area contributed by atoms with Crippen LogP contribution in [-0.2, 0) is 20.7 Å². The molecule has 1 unspecified atom stereocenters. The van der Waals surface area contributed by atoms with Crippen LogP contribution in [0.1, 0.15) is 48.6 Å². The van der Waals surface area contributed by atoms with Crippen LogP contribution in [-0.4, -0.2) is 41.6 Å². The number of nitrogen functional groups attached to an aromatic ring is 1. The number of furan rings is 1. The maximum absolute atomic E-state index is 12.2. The van der Waals surface area contributed by atoms with E-state index in [1.165, 1.54) is 0 Å². The summed E-state index contributed by atoms with van der Waals surface area (Å²) in [4.78, 5) is 32.5. The zero-order valence-electron chi connectivity index (χ0n) is 18.5. The maximum atomic E-state index is 12.2. The van der Waals surface area contributed by atoms with E-state index in [9.17, 15) is 22.8 Å². The molecule has 2 aromatic rings. The van der Waals surface area contributed by atoms with E-state index in [-0.39, 0.29) is 23.5 Å². The number of benzene rings is 1. The molecule has 12 heteroatoms. The quantitative estimate of drug-likeness (QED) is 0.209. The van der Waals surface area contributed by atoms with Crippen molar-refractivity contribution >= 4 is 23.7 Å². The van der Waals surface area contributed by atoms with Gasteiger partial charge in [-0.25, -0.2) is 9.59 Å². The van der Waals surface area contributed by atoms with Crippen LogP contribution in [0.5, 0.6) is 5.75 Å². The molecule has 1 aromatic carbocycles. The van der Waals surface area contributed by atoms with Gasteiger partial charge in [0.05, 0.1) is 6.61 Å². The molecular weight excluding hydrogens is 461 g/mol. The first kappa shape index (κ1) is 28.2. The minimum Gasteiger partial charge on any atom is -0.475 e. The fraction of sp³-hybridized carbons (Fsp3) is 0.364. The molecule has 0 amide bonds. The number of carbonyl (C=O) groups excluding carboxylic acids is 2. The minimum absolute atomic E-state index is 0.0550. The highest BCUT2D eigenvalue weighted by atomic mass is 19.4. The molecule has 0 fully saturated rings. The topological polar surface area (TPSA) is 153 Å². The number of hydrogen-bond acceptors (Lipinski definition) is 7. The van der Waals surface area contributed by atoms with E-state index in [0.29, 0.717) is 42.9 Å². The van der Waals surface area contributed by atoms with Gasteiger partial charge in [-0.2, -0.15) is 13.2 Å². The Hall–Kier alpha value is -3.83. The molecule has 0 radical (unpaired) electrons. The lowest BCUT2D eigenvalue weighted by Gasteiger charge is -2.09. The zero-order valence-corrected chi connectivity index (χ0v) is 18.5. The van der Waals surface area contributed by atoms with Gasteiger partial charge in [-0.05, 0) is 55.7 Å². The van der Waals surface area contributed by atoms with Crippen molar-refractivity contribution in [2.24, 2.45) is 11.7 Å². The SMILES string of the molecule is CCOC(=O)CCC(C)Cc1ccc(C(=O)Oc2ccc(C(=N)N)cc2)o1.O=C(O)C(F)(F)F. The number of amidine groups is 1. The lowest BCUT2D eigenvalue weighted by atomic mass is 10.0. The maximum Gasteiger partial charge on any atom is 0.490 e. The van der Waals surface area contributed by atoms with Crippen molar-refractivity contribution in [3.8, 4) is 5.75 Å². The number of nitrogens with one attached hydrogen (secondary N) is 1. The monoisotopic (exact) mass is 486 g/mol. The summed E-state index contributed by atoms with van der Waals surface area (Å²) in [6.07, 6.45) is -3.43. The summed E-state index contributed by atoms with van der Waals surface area (Å²) < 4.78 is 47.5. The van der Waals surface area contributed by atoms with Gasteiger partial charge in [0.25, 0.3) is 0 Å². The summed E-state index contributed by atoms with van der Waals surface area (Å²) in [5.41, 5.74) is 5.93. The molecule has 2 rings (SSSR count). The highest BCUT2D eigenvalue weighted by Crippen LogP contribution is 2.19. The second kappa shape index (κ2) is 13.0. The van der Waals surface area contributed by atoms with Gasteiger partial charge in [-0.3, -0.25) is 10.2 Å². The summed E-state index contributed by atoms with van der Waals surface area (Å²) >= 11 is 0. The molecule has 34 heavy (non-hydrogen) atoms. The molecule has 1 heterocycles. The van der Waals surface area contributed by atoms with Gasteiger partial charge in [0.15, 0.2) is 0 Å². The fourth-order valence-electron chi connectivity index (χ4n) is 2.50. The van der Waals surface area contributed by atoms with Gasteiger partial charge >= 0.3 is 24.1 Å². The standard InChI is InChI=1S/C20H24N2O5.C2HF3O2/c1-3-25-18(23)11-4-13(2)12-16-9-10-17(26-16)20(24)27-15-7-5-14(6-8-15)19(21)22;3-2(4,5)1(6)7/h5-10,13H,3-4,11-12H2,1-2H3,(H3,21,22);(H,6,7). The summed E-state index contributed by atoms with van der Waals surface area (Å²) in [6.45, 7) is 4.17. The van der Waals surface area contributed by atoms with Gasteiger partial charge in [-0.1, -0.05) is 6.92 Å². The first-order valence-corrected chi connectivity index (χ1v) is 10.0. The third kappa shape index (κ3) is 10.2. The van der Waals surface area contributed by atoms with E-state index in [1.807, 2.05) is 6.92 Å². The second-order valence-electron chi connectivity index (χ2n) is 7.05. The molecule has 1 atom stereocenters. The second-order valence-corrected chi connectivity index (χ2v) is 7.05. The molecule has 186 valence electrons. The zero-order chi connectivity index (χ0) is 25.9. The Balaban J connectivity index is 0.000000718. The van der Waals surface area contributed by atoms with Gasteiger partial charge < -0.3 is 24.7 Å². The molecule has 0 aliphatic heterocycles. The van der Waals surface area contributed by atoms with Crippen LogP contribution in [0.2, 0.25) is 0 Å². The van der Waals surface area contributed by atoms with Crippen LogP contribution in [0, 0.1) is 11.3 Å². The predicted molar refractivity (Wildman–Crippen MR) is 114 cm³/mol. The van der Waals surface area contributed by atoms with Crippen molar-refractivity contribution in [1.29, 1.82) is 5.41 Å². The Morgan fingerprint density at radius 3 is 2.24 bits per heavy atom. The predicted octanol–water partition coefficient (Wildman–Crippen LogP) is 3.94. The molecule has 9 nitrogen and oxygen atoms in total. The van der Waals surface area contributed by atoms with Crippen LogP contribution in [0.3, 0.4) is 0 Å². The average molecular weight is 486 g/mol. The van der Waals surface area contributed by atoms with Crippen LogP contribution >= 0.6 is 0 Å². The number of carbonyl (C=O) groups is 3. The number of esters is 2. The highest BCUT2D eigenvalue weighted by Gasteiger charge is 2.38. The van der Waals surface area contributed by atoms with Crippen LogP contribution in [0.4, 0.5) is 13.2 Å². The summed E-state index contributed by atoms with van der Waals surface area (Å²) in [5.74, 6) is -2.30. The number of aliphatic carboxylic acids is 1. The Kier molecular flexibility index (Phi) is 10.8. The van der Waals surface area contributed by atoms with Gasteiger partial charge in [-0.15, -0.1) is 0 Å². The summed E-state index contributed by atoms with van der Waals surface area (Å²) in [7, 11) is 0. The van der Waals surface area contributed by atoms with E-state index in [1.54, 1.807) is 43.3 Å². The van der Waals surface area contributed by atoms with Crippen molar-refractivity contribution in [2.75, 3.05) is 6.61 Å². The number of hydrogen-bond donors (Lipinski definition) is 3. The average Bonchev–Trinajstić information content (AvgIpc) is 3.21. The number of carboxylic acids is 1. The molecule has 1 aromatic heterocycles. The van der Waals surface area contributed by atoms with E-state index in [4.69, 9.17) is 34.9 Å². The number of carboxylic acid groups (broad SMARTS) is 1. The third-order valence-electron chi connectivity index (χ3n) is 4.18. The Labute approximate surface area is 193 Å². The molecule has 0 aliphatic carbocycles. The molecule has 0 spiro atoms. The normalized spacial score (nSPS) is 11.6. The number of halogens is 3. The van der Waals surface area contributed by atoms with Crippen molar-refractivity contribution in [3.63, 3.8) is 0 Å². The van der Waals surface area contributed by atoms with Crippen LogP contribution < -0.4 is 10.5 Å². The van der Waals surface area contributed by atoms with Gasteiger partial charge in [0.1, 0.15) is 17.3 Å². The number of rotatable bonds is 9. The lowest BCUT2D eigenvalue weighted by Crippen LogP contribution is -2.21. The van der Waals surface area contributed by atoms with E-state index in [0.717, 1.165) is 0 Å². The molecule has 0 bridgehead atoms. The number of alkyl halides is 3. The lowest BCUT2D eigenvalue weighted by molar-refractivity contribution is -0.192. The molecule has 0 saturated carbocycles. The highest BCUT2D eigenvalue weighted by molar-refractivity contribution is 5.95.